The number of amides is 1. The molecule has 0 spiro atoms. The number of nitrogens with one attached hydrogen (secondary N) is 1. The number of methoxy groups -OCH3 is 1. The Morgan fingerprint density at radius 1 is 1.15 bits per heavy atom. The van der Waals surface area contributed by atoms with Crippen molar-refractivity contribution in [2.75, 3.05) is 12.4 Å². The monoisotopic (exact) mass is 397 g/mol. The molecule has 2 aromatic carbocycles. The van der Waals surface area contributed by atoms with E-state index in [-0.39, 0.29) is 5.91 Å². The van der Waals surface area contributed by atoms with Crippen molar-refractivity contribution in [1.29, 1.82) is 0 Å². The topological polar surface area (TPSA) is 38.3 Å². The van der Waals surface area contributed by atoms with Crippen molar-refractivity contribution in [3.05, 3.63) is 56.5 Å². The summed E-state index contributed by atoms with van der Waals surface area (Å²) >= 11 is 6.79. The van der Waals surface area contributed by atoms with E-state index in [1.807, 2.05) is 31.2 Å². The molecule has 0 aliphatic rings. The van der Waals surface area contributed by atoms with Crippen LogP contribution in [0, 0.1) is 6.92 Å². The summed E-state index contributed by atoms with van der Waals surface area (Å²) in [4.78, 5) is 12.3. The second kappa shape index (κ2) is 6.41. The van der Waals surface area contributed by atoms with Crippen LogP contribution in [0.4, 0.5) is 5.69 Å². The fraction of sp³-hybridized carbons (Fsp3) is 0.133. The van der Waals surface area contributed by atoms with Gasteiger partial charge in [0.1, 0.15) is 5.75 Å². The highest BCUT2D eigenvalue weighted by Crippen LogP contribution is 2.25. The zero-order valence-corrected chi connectivity index (χ0v) is 14.2. The summed E-state index contributed by atoms with van der Waals surface area (Å²) in [7, 11) is 1.54. The highest BCUT2D eigenvalue weighted by Gasteiger charge is 2.13. The van der Waals surface area contributed by atoms with Crippen LogP contribution in [-0.2, 0) is 0 Å². The van der Waals surface area contributed by atoms with Gasteiger partial charge in [-0.2, -0.15) is 0 Å². The summed E-state index contributed by atoms with van der Waals surface area (Å²) in [5, 5.41) is 2.87. The molecule has 0 aromatic heterocycles. The molecule has 0 saturated heterocycles. The maximum Gasteiger partial charge on any atom is 0.259 e. The van der Waals surface area contributed by atoms with Crippen LogP contribution < -0.4 is 10.1 Å². The lowest BCUT2D eigenvalue weighted by molar-refractivity contribution is 0.102. The van der Waals surface area contributed by atoms with E-state index >= 15 is 0 Å². The predicted molar refractivity (Wildman–Crippen MR) is 87.5 cm³/mol. The van der Waals surface area contributed by atoms with E-state index in [1.165, 1.54) is 0 Å². The first-order chi connectivity index (χ1) is 9.51. The van der Waals surface area contributed by atoms with Gasteiger partial charge in [0.05, 0.1) is 12.7 Å². The normalized spacial score (nSPS) is 10.2. The predicted octanol–water partition coefficient (Wildman–Crippen LogP) is 4.78. The molecule has 1 amide bonds. The molecule has 104 valence electrons. The zero-order chi connectivity index (χ0) is 14.7. The van der Waals surface area contributed by atoms with Gasteiger partial charge < -0.3 is 10.1 Å². The second-order valence-electron chi connectivity index (χ2n) is 4.26. The van der Waals surface area contributed by atoms with Crippen LogP contribution in [0.2, 0.25) is 0 Å². The van der Waals surface area contributed by atoms with Crippen LogP contribution in [-0.4, -0.2) is 13.0 Å². The van der Waals surface area contributed by atoms with Gasteiger partial charge in [0.25, 0.3) is 5.91 Å². The van der Waals surface area contributed by atoms with Crippen LogP contribution in [0.25, 0.3) is 0 Å². The van der Waals surface area contributed by atoms with Crippen molar-refractivity contribution in [3.8, 4) is 5.75 Å². The molecule has 0 saturated carbocycles. The molecule has 2 rings (SSSR count). The molecule has 3 nitrogen and oxygen atoms in total. The minimum atomic E-state index is -0.198. The Hall–Kier alpha value is -1.33. The maximum atomic E-state index is 12.3. The minimum absolute atomic E-state index is 0.198. The van der Waals surface area contributed by atoms with E-state index in [4.69, 9.17) is 4.74 Å². The van der Waals surface area contributed by atoms with Crippen LogP contribution in [0.5, 0.6) is 5.75 Å². The summed E-state index contributed by atoms with van der Waals surface area (Å²) in [6.07, 6.45) is 0. The largest absolute Gasteiger partial charge is 0.496 e. The third-order valence-electron chi connectivity index (χ3n) is 2.82. The number of carbonyl (C=O) groups excluding carboxylic acids is 1. The molecule has 0 aliphatic heterocycles. The Bertz CT molecular complexity index is 656. The molecule has 0 unspecified atom stereocenters. The van der Waals surface area contributed by atoms with Crippen molar-refractivity contribution in [3.63, 3.8) is 0 Å². The van der Waals surface area contributed by atoms with Gasteiger partial charge in [-0.25, -0.2) is 0 Å². The number of rotatable bonds is 3. The van der Waals surface area contributed by atoms with E-state index in [2.05, 4.69) is 37.2 Å². The van der Waals surface area contributed by atoms with E-state index in [9.17, 15) is 4.79 Å². The van der Waals surface area contributed by atoms with E-state index in [0.717, 1.165) is 20.2 Å². The molecule has 0 bridgehead atoms. The Balaban J connectivity index is 2.25. The maximum absolute atomic E-state index is 12.3. The summed E-state index contributed by atoms with van der Waals surface area (Å²) in [5.74, 6) is 0.335. The van der Waals surface area contributed by atoms with Gasteiger partial charge in [-0.15, -0.1) is 0 Å². The minimum Gasteiger partial charge on any atom is -0.496 e. The Kier molecular flexibility index (Phi) is 4.83. The first-order valence-corrected chi connectivity index (χ1v) is 7.51. The molecule has 0 heterocycles. The zero-order valence-electron chi connectivity index (χ0n) is 11.0. The first kappa shape index (κ1) is 15.1. The quantitative estimate of drug-likeness (QED) is 0.807. The lowest BCUT2D eigenvalue weighted by Gasteiger charge is -2.10. The van der Waals surface area contributed by atoms with Crippen molar-refractivity contribution >= 4 is 43.5 Å². The number of carbonyl (C=O) groups is 1. The molecule has 0 fully saturated rings. The van der Waals surface area contributed by atoms with Crippen LogP contribution in [0.3, 0.4) is 0 Å². The van der Waals surface area contributed by atoms with E-state index in [0.29, 0.717) is 11.3 Å². The first-order valence-electron chi connectivity index (χ1n) is 5.92. The molecule has 2 aromatic rings. The number of halogens is 2. The summed E-state index contributed by atoms with van der Waals surface area (Å²) < 4.78 is 7.11. The van der Waals surface area contributed by atoms with E-state index in [1.54, 1.807) is 19.2 Å². The van der Waals surface area contributed by atoms with Crippen molar-refractivity contribution < 1.29 is 9.53 Å². The molecule has 20 heavy (non-hydrogen) atoms. The second-order valence-corrected chi connectivity index (χ2v) is 6.03. The van der Waals surface area contributed by atoms with Crippen molar-refractivity contribution in [2.45, 2.75) is 6.92 Å². The third kappa shape index (κ3) is 3.41. The Labute approximate surface area is 134 Å². The number of benzene rings is 2. The summed E-state index contributed by atoms with van der Waals surface area (Å²) in [6.45, 7) is 1.97. The third-order valence-corrected chi connectivity index (χ3v) is 4.21. The van der Waals surface area contributed by atoms with Gasteiger partial charge in [-0.3, -0.25) is 4.79 Å². The van der Waals surface area contributed by atoms with Gasteiger partial charge in [0.2, 0.25) is 0 Å². The molecular formula is C15H13Br2NO2. The molecule has 1 N–H and O–H groups in total. The van der Waals surface area contributed by atoms with Crippen LogP contribution in [0.1, 0.15) is 15.9 Å². The lowest BCUT2D eigenvalue weighted by atomic mass is 10.1. The van der Waals surface area contributed by atoms with Gasteiger partial charge in [-0.05, 0) is 48.9 Å². The van der Waals surface area contributed by atoms with Crippen LogP contribution in [0.15, 0.2) is 45.3 Å². The molecule has 0 atom stereocenters. The number of hydrogen-bond acceptors (Lipinski definition) is 2. The highest BCUT2D eigenvalue weighted by molar-refractivity contribution is 9.10. The van der Waals surface area contributed by atoms with Gasteiger partial charge in [-0.1, -0.05) is 31.9 Å². The fourth-order valence-corrected chi connectivity index (χ4v) is 2.36. The molecule has 0 aliphatic carbocycles. The summed E-state index contributed by atoms with van der Waals surface area (Å²) in [5.41, 5.74) is 2.31. The standard InChI is InChI=1S/C15H13Br2NO2/c1-9-7-11(4-6-13(9)17)18-15(19)12-5-3-10(16)8-14(12)20-2/h3-8H,1-2H3,(H,18,19). The Morgan fingerprint density at radius 3 is 2.55 bits per heavy atom. The summed E-state index contributed by atoms with van der Waals surface area (Å²) in [6, 6.07) is 11.0. The van der Waals surface area contributed by atoms with Crippen molar-refractivity contribution in [2.24, 2.45) is 0 Å². The Morgan fingerprint density at radius 2 is 1.90 bits per heavy atom. The smallest absolute Gasteiger partial charge is 0.259 e. The van der Waals surface area contributed by atoms with Gasteiger partial charge in [0, 0.05) is 14.6 Å². The molecule has 5 heteroatoms. The number of anilines is 1. The van der Waals surface area contributed by atoms with Gasteiger partial charge in [0.15, 0.2) is 0 Å². The molecule has 0 radical (unpaired) electrons. The average molecular weight is 399 g/mol. The highest BCUT2D eigenvalue weighted by atomic mass is 79.9. The fourth-order valence-electron chi connectivity index (χ4n) is 1.77. The van der Waals surface area contributed by atoms with Gasteiger partial charge >= 0.3 is 0 Å². The number of aryl methyl sites for hydroxylation is 1. The SMILES string of the molecule is COc1cc(Br)ccc1C(=O)Nc1ccc(Br)c(C)c1. The van der Waals surface area contributed by atoms with Crippen molar-refractivity contribution in [1.82, 2.24) is 0 Å². The number of ether oxygens (including phenoxy) is 1. The van der Waals surface area contributed by atoms with E-state index < -0.39 is 0 Å². The lowest BCUT2D eigenvalue weighted by Crippen LogP contribution is -2.13. The average Bonchev–Trinajstić information content (AvgIpc) is 2.42. The molecular weight excluding hydrogens is 386 g/mol. The van der Waals surface area contributed by atoms with Crippen LogP contribution >= 0.6 is 31.9 Å². The number of hydrogen-bond donors (Lipinski definition) is 1.